The van der Waals surface area contributed by atoms with Gasteiger partial charge in [-0.05, 0) is 19.4 Å². The molecule has 2 aliphatic heterocycles. The summed E-state index contributed by atoms with van der Waals surface area (Å²) in [6.45, 7) is 8.10. The van der Waals surface area contributed by atoms with Crippen molar-refractivity contribution in [1.82, 2.24) is 0 Å². The zero-order valence-electron chi connectivity index (χ0n) is 10.8. The summed E-state index contributed by atoms with van der Waals surface area (Å²) in [7, 11) is 0. The van der Waals surface area contributed by atoms with Crippen LogP contribution in [0.4, 0.5) is 0 Å². The first-order chi connectivity index (χ1) is 8.57. The van der Waals surface area contributed by atoms with Gasteiger partial charge in [0.05, 0.1) is 19.8 Å². The van der Waals surface area contributed by atoms with Crippen LogP contribution >= 0.6 is 0 Å². The number of rotatable bonds is 5. The summed E-state index contributed by atoms with van der Waals surface area (Å²) < 4.78 is 22.3. The number of hydrogen-bond acceptors (Lipinski definition) is 5. The highest BCUT2D eigenvalue weighted by Crippen LogP contribution is 2.40. The second-order valence-corrected chi connectivity index (χ2v) is 4.76. The Kier molecular flexibility index (Phi) is 4.19. The number of fused-ring (bicyclic) bond motifs is 1. The van der Waals surface area contributed by atoms with Crippen molar-refractivity contribution in [2.45, 2.75) is 38.1 Å². The fourth-order valence-corrected chi connectivity index (χ4v) is 2.18. The molecule has 0 aliphatic carbocycles. The average Bonchev–Trinajstić information content (AvgIpc) is 2.77. The molecule has 0 bridgehead atoms. The Bertz CT molecular complexity index is 336. The first kappa shape index (κ1) is 13.7. The lowest BCUT2D eigenvalue weighted by atomic mass is 10.1. The second kappa shape index (κ2) is 5.50. The van der Waals surface area contributed by atoms with E-state index in [2.05, 4.69) is 6.58 Å². The standard InChI is InChI=1S/C13H20O5/c1-4-6-15-7-5-9-10(8-14)16-12-11(9)17-13(2,3)18-12/h4-5,10-12,14H,1,6-8H2,2-3H3/b9-5-/t10-,11-,12-/m1/s1. The van der Waals surface area contributed by atoms with Gasteiger partial charge in [0.15, 0.2) is 12.1 Å². The highest BCUT2D eigenvalue weighted by atomic mass is 16.8. The molecule has 0 amide bonds. The van der Waals surface area contributed by atoms with E-state index in [0.717, 1.165) is 5.57 Å². The molecule has 2 saturated heterocycles. The van der Waals surface area contributed by atoms with Gasteiger partial charge in [-0.2, -0.15) is 0 Å². The van der Waals surface area contributed by atoms with Crippen LogP contribution in [0.2, 0.25) is 0 Å². The van der Waals surface area contributed by atoms with E-state index in [-0.39, 0.29) is 18.8 Å². The van der Waals surface area contributed by atoms with Gasteiger partial charge in [0.2, 0.25) is 0 Å². The van der Waals surface area contributed by atoms with Gasteiger partial charge in [0, 0.05) is 0 Å². The van der Waals surface area contributed by atoms with Crippen LogP contribution in [0.5, 0.6) is 0 Å². The molecule has 0 aromatic heterocycles. The lowest BCUT2D eigenvalue weighted by Gasteiger charge is -2.20. The Morgan fingerprint density at radius 1 is 1.39 bits per heavy atom. The maximum absolute atomic E-state index is 9.29. The van der Waals surface area contributed by atoms with E-state index in [0.29, 0.717) is 13.2 Å². The molecule has 1 N–H and O–H groups in total. The summed E-state index contributed by atoms with van der Waals surface area (Å²) in [6, 6.07) is 0. The third kappa shape index (κ3) is 2.81. The highest BCUT2D eigenvalue weighted by Gasteiger charge is 2.51. The second-order valence-electron chi connectivity index (χ2n) is 4.76. The van der Waals surface area contributed by atoms with E-state index in [9.17, 15) is 5.11 Å². The monoisotopic (exact) mass is 256 g/mol. The minimum absolute atomic E-state index is 0.0898. The Labute approximate surface area is 107 Å². The smallest absolute Gasteiger partial charge is 0.191 e. The van der Waals surface area contributed by atoms with Gasteiger partial charge in [0.25, 0.3) is 0 Å². The van der Waals surface area contributed by atoms with Crippen molar-refractivity contribution in [3.63, 3.8) is 0 Å². The first-order valence-electron chi connectivity index (χ1n) is 6.08. The minimum Gasteiger partial charge on any atom is -0.393 e. The van der Waals surface area contributed by atoms with E-state index < -0.39 is 12.1 Å². The zero-order valence-corrected chi connectivity index (χ0v) is 10.8. The predicted octanol–water partition coefficient (Wildman–Crippen LogP) is 0.984. The van der Waals surface area contributed by atoms with E-state index in [4.69, 9.17) is 18.9 Å². The maximum atomic E-state index is 9.29. The third-order valence-corrected chi connectivity index (χ3v) is 2.90. The Morgan fingerprint density at radius 3 is 2.83 bits per heavy atom. The molecule has 2 heterocycles. The molecule has 0 aromatic carbocycles. The Morgan fingerprint density at radius 2 is 2.17 bits per heavy atom. The molecule has 0 saturated carbocycles. The summed E-state index contributed by atoms with van der Waals surface area (Å²) >= 11 is 0. The molecule has 0 spiro atoms. The van der Waals surface area contributed by atoms with E-state index in [1.165, 1.54) is 0 Å². The molecule has 5 heteroatoms. The molecular weight excluding hydrogens is 236 g/mol. The summed E-state index contributed by atoms with van der Waals surface area (Å²) in [5, 5.41) is 9.29. The van der Waals surface area contributed by atoms with Crippen LogP contribution in [0.15, 0.2) is 24.3 Å². The van der Waals surface area contributed by atoms with Crippen molar-refractivity contribution in [2.75, 3.05) is 19.8 Å². The largest absolute Gasteiger partial charge is 0.393 e. The van der Waals surface area contributed by atoms with Crippen molar-refractivity contribution < 1.29 is 24.1 Å². The van der Waals surface area contributed by atoms with Crippen LogP contribution in [0.1, 0.15) is 13.8 Å². The number of aliphatic hydroxyl groups excluding tert-OH is 1. The molecule has 2 rings (SSSR count). The SMILES string of the molecule is C=CCOC/C=C1\[C@H]2OC(C)(C)O[C@H]2O[C@@H]1CO. The zero-order chi connectivity index (χ0) is 13.2. The van der Waals surface area contributed by atoms with Gasteiger partial charge in [-0.25, -0.2) is 0 Å². The van der Waals surface area contributed by atoms with Crippen molar-refractivity contribution >= 4 is 0 Å². The summed E-state index contributed by atoms with van der Waals surface area (Å²) in [5.74, 6) is -0.656. The van der Waals surface area contributed by atoms with Gasteiger partial charge >= 0.3 is 0 Å². The van der Waals surface area contributed by atoms with Crippen molar-refractivity contribution in [3.05, 3.63) is 24.3 Å². The minimum atomic E-state index is -0.656. The number of hydrogen-bond donors (Lipinski definition) is 1. The van der Waals surface area contributed by atoms with E-state index in [1.54, 1.807) is 6.08 Å². The maximum Gasteiger partial charge on any atom is 0.191 e. The number of aliphatic hydroxyl groups is 1. The first-order valence-corrected chi connectivity index (χ1v) is 6.08. The lowest BCUT2D eigenvalue weighted by molar-refractivity contribution is -0.202. The van der Waals surface area contributed by atoms with Gasteiger partial charge in [-0.3, -0.25) is 0 Å². The molecule has 2 fully saturated rings. The molecule has 0 unspecified atom stereocenters. The van der Waals surface area contributed by atoms with Gasteiger partial charge < -0.3 is 24.1 Å². The molecule has 18 heavy (non-hydrogen) atoms. The molecule has 102 valence electrons. The van der Waals surface area contributed by atoms with E-state index >= 15 is 0 Å². The fraction of sp³-hybridized carbons (Fsp3) is 0.692. The molecule has 3 atom stereocenters. The molecule has 2 aliphatic rings. The lowest BCUT2D eigenvalue weighted by Crippen LogP contribution is -2.27. The van der Waals surface area contributed by atoms with Crippen LogP contribution < -0.4 is 0 Å². The third-order valence-electron chi connectivity index (χ3n) is 2.90. The fourth-order valence-electron chi connectivity index (χ4n) is 2.18. The van der Waals surface area contributed by atoms with Gasteiger partial charge in [0.1, 0.15) is 12.2 Å². The quantitative estimate of drug-likeness (QED) is 0.587. The normalized spacial score (nSPS) is 35.9. The topological polar surface area (TPSA) is 57.2 Å². The summed E-state index contributed by atoms with van der Waals surface area (Å²) in [5.41, 5.74) is 0.886. The summed E-state index contributed by atoms with van der Waals surface area (Å²) in [6.07, 6.45) is 2.50. The highest BCUT2D eigenvalue weighted by molar-refractivity contribution is 5.21. The number of ether oxygens (including phenoxy) is 4. The predicted molar refractivity (Wildman–Crippen MR) is 64.9 cm³/mol. The van der Waals surface area contributed by atoms with Crippen LogP contribution in [-0.4, -0.2) is 49.2 Å². The van der Waals surface area contributed by atoms with Crippen LogP contribution in [0.3, 0.4) is 0 Å². The Hall–Kier alpha value is -0.720. The average molecular weight is 256 g/mol. The van der Waals surface area contributed by atoms with Crippen LogP contribution in [0, 0.1) is 0 Å². The summed E-state index contributed by atoms with van der Waals surface area (Å²) in [4.78, 5) is 0. The Balaban J connectivity index is 2.03. The van der Waals surface area contributed by atoms with Crippen molar-refractivity contribution in [3.8, 4) is 0 Å². The molecule has 0 radical (unpaired) electrons. The van der Waals surface area contributed by atoms with Crippen LogP contribution in [0.25, 0.3) is 0 Å². The van der Waals surface area contributed by atoms with Crippen LogP contribution in [-0.2, 0) is 18.9 Å². The van der Waals surface area contributed by atoms with Gasteiger partial charge in [-0.15, -0.1) is 6.58 Å². The van der Waals surface area contributed by atoms with Gasteiger partial charge in [-0.1, -0.05) is 12.2 Å². The van der Waals surface area contributed by atoms with Crippen molar-refractivity contribution in [2.24, 2.45) is 0 Å². The molecule has 5 nitrogen and oxygen atoms in total. The van der Waals surface area contributed by atoms with Crippen molar-refractivity contribution in [1.29, 1.82) is 0 Å². The molecule has 0 aromatic rings. The molecular formula is C13H20O5. The van der Waals surface area contributed by atoms with E-state index in [1.807, 2.05) is 19.9 Å².